The maximum Gasteiger partial charge on any atom is 0.297 e. The molecule has 9 heteroatoms. The molecule has 3 rings (SSSR count). The van der Waals surface area contributed by atoms with Gasteiger partial charge in [-0.05, 0) is 19.1 Å². The van der Waals surface area contributed by atoms with Crippen LogP contribution in [0, 0.1) is 6.92 Å². The van der Waals surface area contributed by atoms with Crippen LogP contribution < -0.4 is 0 Å². The van der Waals surface area contributed by atoms with Gasteiger partial charge in [0.25, 0.3) is 14.2 Å². The van der Waals surface area contributed by atoms with Crippen molar-refractivity contribution in [2.45, 2.75) is 12.1 Å². The molecule has 1 aromatic carbocycles. The van der Waals surface area contributed by atoms with Crippen molar-refractivity contribution in [3.8, 4) is 17.3 Å². The van der Waals surface area contributed by atoms with E-state index in [1.165, 1.54) is 11.0 Å². The average molecular weight is 325 g/mol. The summed E-state index contributed by atoms with van der Waals surface area (Å²) in [5, 5.41) is 7.17. The molecule has 0 spiro atoms. The zero-order valence-electron chi connectivity index (χ0n) is 10.8. The van der Waals surface area contributed by atoms with Gasteiger partial charge >= 0.3 is 0 Å². The third kappa shape index (κ3) is 2.43. The molecule has 7 nitrogen and oxygen atoms in total. The lowest BCUT2D eigenvalue weighted by atomic mass is 10.3. The number of aromatic nitrogens is 4. The Balaban J connectivity index is 2.33. The van der Waals surface area contributed by atoms with Gasteiger partial charge in [-0.15, -0.1) is 10.2 Å². The van der Waals surface area contributed by atoms with Crippen LogP contribution in [-0.2, 0) is 9.05 Å². The fourth-order valence-corrected chi connectivity index (χ4v) is 2.75. The molecule has 0 radical (unpaired) electrons. The third-order valence-corrected chi connectivity index (χ3v) is 3.93. The van der Waals surface area contributed by atoms with Crippen LogP contribution in [0.25, 0.3) is 17.3 Å². The Kier molecular flexibility index (Phi) is 3.26. The SMILES string of the molecule is Cc1ncoc1-c1nnc(S(=O)(=O)Cl)n1-c1ccccc1. The molecular formula is C12H9ClN4O3S. The molecule has 0 saturated carbocycles. The largest absolute Gasteiger partial charge is 0.440 e. The molecule has 0 unspecified atom stereocenters. The number of nitrogens with zero attached hydrogens (tertiary/aromatic N) is 4. The number of halogens is 1. The lowest BCUT2D eigenvalue weighted by Crippen LogP contribution is -2.05. The summed E-state index contributed by atoms with van der Waals surface area (Å²) in [7, 11) is 1.37. The van der Waals surface area contributed by atoms with E-state index in [-0.39, 0.29) is 11.0 Å². The molecule has 0 saturated heterocycles. The van der Waals surface area contributed by atoms with Crippen molar-refractivity contribution in [1.29, 1.82) is 0 Å². The normalized spacial score (nSPS) is 11.7. The lowest BCUT2D eigenvalue weighted by Gasteiger charge is -2.07. The molecule has 108 valence electrons. The molecule has 0 aliphatic rings. The summed E-state index contributed by atoms with van der Waals surface area (Å²) in [4.78, 5) is 3.97. The number of rotatable bonds is 3. The van der Waals surface area contributed by atoms with Crippen LogP contribution in [-0.4, -0.2) is 28.2 Å². The van der Waals surface area contributed by atoms with Crippen LogP contribution in [0.1, 0.15) is 5.69 Å². The fourth-order valence-electron chi connectivity index (χ4n) is 1.90. The van der Waals surface area contributed by atoms with E-state index >= 15 is 0 Å². The van der Waals surface area contributed by atoms with Crippen LogP contribution in [0.2, 0.25) is 0 Å². The highest BCUT2D eigenvalue weighted by Crippen LogP contribution is 2.27. The summed E-state index contributed by atoms with van der Waals surface area (Å²) < 4.78 is 30.0. The Labute approximate surface area is 124 Å². The first-order valence-corrected chi connectivity index (χ1v) is 8.15. The molecule has 0 amide bonds. The molecular weight excluding hydrogens is 316 g/mol. The van der Waals surface area contributed by atoms with E-state index in [1.807, 2.05) is 6.07 Å². The average Bonchev–Trinajstić information content (AvgIpc) is 3.04. The van der Waals surface area contributed by atoms with E-state index in [9.17, 15) is 8.42 Å². The third-order valence-electron chi connectivity index (χ3n) is 2.81. The highest BCUT2D eigenvalue weighted by atomic mass is 35.7. The zero-order chi connectivity index (χ0) is 15.0. The zero-order valence-corrected chi connectivity index (χ0v) is 12.3. The minimum absolute atomic E-state index is 0.218. The molecule has 2 heterocycles. The number of hydrogen-bond acceptors (Lipinski definition) is 6. The van der Waals surface area contributed by atoms with Gasteiger partial charge in [0.05, 0.1) is 11.4 Å². The van der Waals surface area contributed by atoms with E-state index < -0.39 is 9.05 Å². The van der Waals surface area contributed by atoms with Gasteiger partial charge in [-0.2, -0.15) is 0 Å². The van der Waals surface area contributed by atoms with E-state index in [2.05, 4.69) is 15.2 Å². The summed E-state index contributed by atoms with van der Waals surface area (Å²) in [6.45, 7) is 1.72. The number of para-hydroxylation sites is 1. The van der Waals surface area contributed by atoms with Gasteiger partial charge in [-0.3, -0.25) is 4.57 Å². The smallest absolute Gasteiger partial charge is 0.297 e. The van der Waals surface area contributed by atoms with Crippen molar-refractivity contribution < 1.29 is 12.8 Å². The topological polar surface area (TPSA) is 90.9 Å². The summed E-state index contributed by atoms with van der Waals surface area (Å²) in [6, 6.07) is 8.75. The molecule has 0 N–H and O–H groups in total. The standard InChI is InChI=1S/C12H9ClN4O3S/c1-8-10(20-7-14-8)11-15-16-12(21(13,18)19)17(11)9-5-3-2-4-6-9/h2-7H,1H3. The van der Waals surface area contributed by atoms with E-state index in [0.29, 0.717) is 17.1 Å². The molecule has 0 fully saturated rings. The molecule has 3 aromatic rings. The molecule has 0 bridgehead atoms. The fraction of sp³-hybridized carbons (Fsp3) is 0.0833. The maximum absolute atomic E-state index is 11.7. The number of hydrogen-bond donors (Lipinski definition) is 0. The predicted octanol–water partition coefficient (Wildman–Crippen LogP) is 2.16. The lowest BCUT2D eigenvalue weighted by molar-refractivity contribution is 0.564. The van der Waals surface area contributed by atoms with Crippen molar-refractivity contribution in [2.75, 3.05) is 0 Å². The predicted molar refractivity (Wildman–Crippen MR) is 74.6 cm³/mol. The van der Waals surface area contributed by atoms with Gasteiger partial charge in [0.1, 0.15) is 0 Å². The highest BCUT2D eigenvalue weighted by Gasteiger charge is 2.26. The van der Waals surface area contributed by atoms with E-state index in [0.717, 1.165) is 0 Å². The van der Waals surface area contributed by atoms with Gasteiger partial charge in [0.15, 0.2) is 12.2 Å². The molecule has 0 aliphatic carbocycles. The van der Waals surface area contributed by atoms with Crippen LogP contribution in [0.4, 0.5) is 0 Å². The van der Waals surface area contributed by atoms with Crippen molar-refractivity contribution in [3.05, 3.63) is 42.4 Å². The first-order valence-electron chi connectivity index (χ1n) is 5.84. The summed E-state index contributed by atoms with van der Waals surface area (Å²) in [6.07, 6.45) is 1.25. The van der Waals surface area contributed by atoms with E-state index in [4.69, 9.17) is 15.1 Å². The second kappa shape index (κ2) is 4.97. The van der Waals surface area contributed by atoms with Gasteiger partial charge in [0, 0.05) is 10.7 Å². The van der Waals surface area contributed by atoms with Gasteiger partial charge in [0.2, 0.25) is 5.82 Å². The highest BCUT2D eigenvalue weighted by molar-refractivity contribution is 8.13. The molecule has 0 aliphatic heterocycles. The minimum atomic E-state index is -4.07. The van der Waals surface area contributed by atoms with Crippen molar-refractivity contribution in [3.63, 3.8) is 0 Å². The Hall–Kier alpha value is -2.19. The second-order valence-corrected chi connectivity index (χ2v) is 6.64. The van der Waals surface area contributed by atoms with Crippen LogP contribution in [0.15, 0.2) is 46.3 Å². The quantitative estimate of drug-likeness (QED) is 0.686. The van der Waals surface area contributed by atoms with Gasteiger partial charge < -0.3 is 4.42 Å². The van der Waals surface area contributed by atoms with Crippen molar-refractivity contribution in [1.82, 2.24) is 19.7 Å². The molecule has 0 atom stereocenters. The molecule has 21 heavy (non-hydrogen) atoms. The number of aryl methyl sites for hydroxylation is 1. The van der Waals surface area contributed by atoms with Gasteiger partial charge in [-0.25, -0.2) is 13.4 Å². The monoisotopic (exact) mass is 324 g/mol. The van der Waals surface area contributed by atoms with Crippen LogP contribution in [0.5, 0.6) is 0 Å². The Morgan fingerprint density at radius 2 is 1.90 bits per heavy atom. The Morgan fingerprint density at radius 3 is 2.48 bits per heavy atom. The minimum Gasteiger partial charge on any atom is -0.440 e. The first-order chi connectivity index (χ1) is 9.98. The van der Waals surface area contributed by atoms with Crippen molar-refractivity contribution >= 4 is 19.7 Å². The summed E-state index contributed by atoms with van der Waals surface area (Å²) >= 11 is 0. The maximum atomic E-state index is 11.7. The number of oxazole rings is 1. The summed E-state index contributed by atoms with van der Waals surface area (Å²) in [5.74, 6) is 0.549. The Morgan fingerprint density at radius 1 is 1.19 bits per heavy atom. The van der Waals surface area contributed by atoms with Crippen LogP contribution >= 0.6 is 10.7 Å². The molecule has 2 aromatic heterocycles. The summed E-state index contributed by atoms with van der Waals surface area (Å²) in [5.41, 5.74) is 1.12. The van der Waals surface area contributed by atoms with Crippen molar-refractivity contribution in [2.24, 2.45) is 0 Å². The second-order valence-electron chi connectivity index (χ2n) is 4.18. The Bertz CT molecular complexity index is 886. The number of benzene rings is 1. The van der Waals surface area contributed by atoms with Gasteiger partial charge in [-0.1, -0.05) is 18.2 Å². The first kappa shape index (κ1) is 13.8. The van der Waals surface area contributed by atoms with Crippen LogP contribution in [0.3, 0.4) is 0 Å². The van der Waals surface area contributed by atoms with E-state index in [1.54, 1.807) is 31.2 Å².